The SMILES string of the molecule is CCCCCCC(=O)[O-].CCC[NH+](C)CCC. The molecule has 0 aromatic rings. The van der Waals surface area contributed by atoms with Crippen LogP contribution in [0.1, 0.15) is 65.7 Å². The summed E-state index contributed by atoms with van der Waals surface area (Å²) in [4.78, 5) is 11.5. The summed E-state index contributed by atoms with van der Waals surface area (Å²) < 4.78 is 0. The maximum atomic E-state index is 9.85. The molecule has 0 bridgehead atoms. The van der Waals surface area contributed by atoms with E-state index in [4.69, 9.17) is 0 Å². The Bertz CT molecular complexity index is 154. The smallest absolute Gasteiger partial charge is 0.0766 e. The molecule has 0 aromatic carbocycles. The number of carboxylic acids is 1. The van der Waals surface area contributed by atoms with E-state index in [1.807, 2.05) is 0 Å². The van der Waals surface area contributed by atoms with Crippen LogP contribution >= 0.6 is 0 Å². The van der Waals surface area contributed by atoms with Crippen LogP contribution in [0.4, 0.5) is 0 Å². The Kier molecular flexibility index (Phi) is 17.1. The van der Waals surface area contributed by atoms with E-state index in [1.165, 1.54) is 25.9 Å². The van der Waals surface area contributed by atoms with Gasteiger partial charge in [0, 0.05) is 5.97 Å². The van der Waals surface area contributed by atoms with Crippen molar-refractivity contribution < 1.29 is 14.8 Å². The lowest BCUT2D eigenvalue weighted by molar-refractivity contribution is -0.879. The first-order valence-electron chi connectivity index (χ1n) is 7.09. The maximum Gasteiger partial charge on any atom is 0.0766 e. The number of rotatable bonds is 9. The van der Waals surface area contributed by atoms with Gasteiger partial charge < -0.3 is 14.8 Å². The number of hydrogen-bond donors (Lipinski definition) is 1. The zero-order chi connectivity index (χ0) is 13.5. The van der Waals surface area contributed by atoms with Crippen molar-refractivity contribution in [3.63, 3.8) is 0 Å². The molecular formula is C14H31NO2. The Morgan fingerprint density at radius 1 is 0.941 bits per heavy atom. The number of carbonyl (C=O) groups excluding carboxylic acids is 1. The minimum atomic E-state index is -0.925. The Morgan fingerprint density at radius 2 is 1.47 bits per heavy atom. The molecule has 0 rings (SSSR count). The van der Waals surface area contributed by atoms with Gasteiger partial charge >= 0.3 is 0 Å². The topological polar surface area (TPSA) is 44.6 Å². The van der Waals surface area contributed by atoms with Gasteiger partial charge in [-0.1, -0.05) is 40.0 Å². The van der Waals surface area contributed by atoms with Gasteiger partial charge in [0.25, 0.3) is 0 Å². The molecule has 0 aromatic heterocycles. The third-order valence-corrected chi connectivity index (χ3v) is 2.59. The zero-order valence-corrected chi connectivity index (χ0v) is 12.2. The number of aliphatic carboxylic acids is 1. The molecule has 1 N–H and O–H groups in total. The second-order valence-corrected chi connectivity index (χ2v) is 4.64. The summed E-state index contributed by atoms with van der Waals surface area (Å²) in [5.74, 6) is -0.925. The van der Waals surface area contributed by atoms with Gasteiger partial charge in [0.2, 0.25) is 0 Å². The van der Waals surface area contributed by atoms with E-state index in [2.05, 4.69) is 27.8 Å². The van der Waals surface area contributed by atoms with E-state index in [0.717, 1.165) is 25.7 Å². The Hall–Kier alpha value is -0.570. The van der Waals surface area contributed by atoms with Crippen molar-refractivity contribution in [2.24, 2.45) is 0 Å². The molecule has 104 valence electrons. The van der Waals surface area contributed by atoms with E-state index in [-0.39, 0.29) is 6.42 Å². The highest BCUT2D eigenvalue weighted by molar-refractivity contribution is 5.63. The molecule has 0 saturated heterocycles. The van der Waals surface area contributed by atoms with Crippen LogP contribution in [0.15, 0.2) is 0 Å². The number of carbonyl (C=O) groups is 1. The average molecular weight is 245 g/mol. The molecule has 0 spiro atoms. The van der Waals surface area contributed by atoms with Crippen molar-refractivity contribution in [2.75, 3.05) is 20.1 Å². The molecule has 0 aliphatic carbocycles. The predicted molar refractivity (Wildman–Crippen MR) is 71.0 cm³/mol. The summed E-state index contributed by atoms with van der Waals surface area (Å²) >= 11 is 0. The second kappa shape index (κ2) is 15.4. The lowest BCUT2D eigenvalue weighted by Crippen LogP contribution is -3.08. The standard InChI is InChI=1S/C7H17N.C7H14O2/c1-4-6-8(3)7-5-2;1-2-3-4-5-6-7(8)9/h4-7H2,1-3H3;2-6H2,1H3,(H,8,9). The largest absolute Gasteiger partial charge is 0.550 e. The highest BCUT2D eigenvalue weighted by Gasteiger charge is 1.93. The summed E-state index contributed by atoms with van der Waals surface area (Å²) in [5, 5.41) is 9.85. The minimum absolute atomic E-state index is 0.222. The van der Waals surface area contributed by atoms with Gasteiger partial charge in [-0.3, -0.25) is 0 Å². The molecular weight excluding hydrogens is 214 g/mol. The molecule has 0 heterocycles. The van der Waals surface area contributed by atoms with Crippen molar-refractivity contribution in [1.29, 1.82) is 0 Å². The number of hydrogen-bond acceptors (Lipinski definition) is 2. The predicted octanol–water partition coefficient (Wildman–Crippen LogP) is 1.03. The second-order valence-electron chi connectivity index (χ2n) is 4.64. The molecule has 0 unspecified atom stereocenters. The van der Waals surface area contributed by atoms with Gasteiger partial charge in [-0.05, 0) is 25.7 Å². The van der Waals surface area contributed by atoms with Crippen LogP contribution in [0.3, 0.4) is 0 Å². The summed E-state index contributed by atoms with van der Waals surface area (Å²) in [6.45, 7) is 9.22. The molecule has 0 aliphatic heterocycles. The maximum absolute atomic E-state index is 9.85. The summed E-state index contributed by atoms with van der Waals surface area (Å²) in [7, 11) is 2.26. The molecule has 0 radical (unpaired) electrons. The summed E-state index contributed by atoms with van der Waals surface area (Å²) in [5.41, 5.74) is 0. The summed E-state index contributed by atoms with van der Waals surface area (Å²) in [6.07, 6.45) is 6.92. The van der Waals surface area contributed by atoms with Crippen LogP contribution in [0.2, 0.25) is 0 Å². The van der Waals surface area contributed by atoms with Crippen molar-refractivity contribution in [3.8, 4) is 0 Å². The fourth-order valence-electron chi connectivity index (χ4n) is 1.67. The monoisotopic (exact) mass is 245 g/mol. The molecule has 0 atom stereocenters. The van der Waals surface area contributed by atoms with Crippen LogP contribution in [-0.2, 0) is 4.79 Å². The highest BCUT2D eigenvalue weighted by atomic mass is 16.4. The Balaban J connectivity index is 0. The van der Waals surface area contributed by atoms with Crippen molar-refractivity contribution in [1.82, 2.24) is 0 Å². The Morgan fingerprint density at radius 3 is 1.82 bits per heavy atom. The van der Waals surface area contributed by atoms with Crippen molar-refractivity contribution >= 4 is 5.97 Å². The Labute approximate surface area is 107 Å². The van der Waals surface area contributed by atoms with Crippen LogP contribution in [-0.4, -0.2) is 26.1 Å². The van der Waals surface area contributed by atoms with Crippen molar-refractivity contribution in [2.45, 2.75) is 65.7 Å². The first kappa shape index (κ1) is 18.8. The van der Waals surface area contributed by atoms with Crippen LogP contribution in [0.5, 0.6) is 0 Å². The lowest BCUT2D eigenvalue weighted by Gasteiger charge is -2.09. The quantitative estimate of drug-likeness (QED) is 0.617. The third kappa shape index (κ3) is 21.3. The normalized spacial score (nSPS) is 9.94. The van der Waals surface area contributed by atoms with E-state index in [9.17, 15) is 9.90 Å². The number of quaternary nitrogens is 1. The zero-order valence-electron chi connectivity index (χ0n) is 12.2. The van der Waals surface area contributed by atoms with E-state index in [0.29, 0.717) is 0 Å². The molecule has 0 amide bonds. The van der Waals surface area contributed by atoms with Crippen molar-refractivity contribution in [3.05, 3.63) is 0 Å². The third-order valence-electron chi connectivity index (χ3n) is 2.59. The first-order valence-corrected chi connectivity index (χ1v) is 7.09. The average Bonchev–Trinajstić information content (AvgIpc) is 2.26. The molecule has 0 fully saturated rings. The van der Waals surface area contributed by atoms with E-state index >= 15 is 0 Å². The van der Waals surface area contributed by atoms with Gasteiger partial charge in [-0.25, -0.2) is 0 Å². The van der Waals surface area contributed by atoms with Crippen LogP contribution in [0, 0.1) is 0 Å². The molecule has 3 heteroatoms. The van der Waals surface area contributed by atoms with Gasteiger partial charge in [-0.2, -0.15) is 0 Å². The molecule has 3 nitrogen and oxygen atoms in total. The molecule has 0 saturated carbocycles. The molecule has 17 heavy (non-hydrogen) atoms. The fraction of sp³-hybridized carbons (Fsp3) is 0.929. The number of carboxylic acid groups (broad SMARTS) is 1. The number of unbranched alkanes of at least 4 members (excludes halogenated alkanes) is 3. The molecule has 0 aliphatic rings. The van der Waals surface area contributed by atoms with Gasteiger partial charge in [0.1, 0.15) is 0 Å². The first-order chi connectivity index (χ1) is 8.08. The minimum Gasteiger partial charge on any atom is -0.550 e. The van der Waals surface area contributed by atoms with Gasteiger partial charge in [-0.15, -0.1) is 0 Å². The lowest BCUT2D eigenvalue weighted by atomic mass is 10.2. The van der Waals surface area contributed by atoms with Gasteiger partial charge in [0.05, 0.1) is 20.1 Å². The van der Waals surface area contributed by atoms with Gasteiger partial charge in [0.15, 0.2) is 0 Å². The fourth-order valence-corrected chi connectivity index (χ4v) is 1.67. The van der Waals surface area contributed by atoms with Crippen LogP contribution in [0.25, 0.3) is 0 Å². The highest BCUT2D eigenvalue weighted by Crippen LogP contribution is 2.00. The number of nitrogens with one attached hydrogen (secondary N) is 1. The van der Waals surface area contributed by atoms with E-state index in [1.54, 1.807) is 4.90 Å². The van der Waals surface area contributed by atoms with Crippen LogP contribution < -0.4 is 10.0 Å². The van der Waals surface area contributed by atoms with E-state index < -0.39 is 5.97 Å². The summed E-state index contributed by atoms with van der Waals surface area (Å²) in [6, 6.07) is 0.